The molecule has 2 rings (SSSR count). The van der Waals surface area contributed by atoms with Crippen molar-refractivity contribution in [2.45, 2.75) is 78.2 Å². The molecule has 0 fully saturated rings. The number of nitrogens with one attached hydrogen (secondary N) is 4. The number of nitriles is 1. The van der Waals surface area contributed by atoms with Gasteiger partial charge in [-0.15, -0.1) is 0 Å². The number of carbonyl (C=O) groups is 4. The van der Waals surface area contributed by atoms with E-state index in [0.717, 1.165) is 0 Å². The summed E-state index contributed by atoms with van der Waals surface area (Å²) >= 11 is 0. The van der Waals surface area contributed by atoms with Gasteiger partial charge in [-0.05, 0) is 57.6 Å². The summed E-state index contributed by atoms with van der Waals surface area (Å²) < 4.78 is 19.3. The van der Waals surface area contributed by atoms with Crippen molar-refractivity contribution in [3.8, 4) is 6.07 Å². The van der Waals surface area contributed by atoms with Crippen LogP contribution in [0.5, 0.6) is 0 Å². The van der Waals surface area contributed by atoms with E-state index in [4.69, 9.17) is 4.52 Å². The van der Waals surface area contributed by atoms with Crippen LogP contribution in [0, 0.1) is 36.9 Å². The van der Waals surface area contributed by atoms with E-state index in [1.165, 1.54) is 19.1 Å². The van der Waals surface area contributed by atoms with Gasteiger partial charge in [-0.25, -0.2) is 4.39 Å². The molecule has 43 heavy (non-hydrogen) atoms. The molecule has 1 heterocycles. The van der Waals surface area contributed by atoms with Crippen LogP contribution in [0.1, 0.15) is 67.4 Å². The number of benzene rings is 1. The van der Waals surface area contributed by atoms with E-state index < -0.39 is 41.3 Å². The minimum absolute atomic E-state index is 0.00278. The van der Waals surface area contributed by atoms with Gasteiger partial charge in [-0.1, -0.05) is 37.2 Å². The zero-order chi connectivity index (χ0) is 32.2. The van der Waals surface area contributed by atoms with E-state index in [1.807, 2.05) is 19.9 Å². The summed E-state index contributed by atoms with van der Waals surface area (Å²) in [4.78, 5) is 50.8. The van der Waals surface area contributed by atoms with Gasteiger partial charge in [0.25, 0.3) is 11.8 Å². The summed E-state index contributed by atoms with van der Waals surface area (Å²) in [5, 5.41) is 33.9. The number of nitrogens with zero attached hydrogens (tertiary/aromatic N) is 2. The van der Waals surface area contributed by atoms with E-state index in [1.54, 1.807) is 32.1 Å². The molecule has 0 aliphatic carbocycles. The first-order valence-electron chi connectivity index (χ1n) is 13.9. The molecule has 0 aliphatic heterocycles. The van der Waals surface area contributed by atoms with Gasteiger partial charge in [0.05, 0.1) is 12.1 Å². The molecule has 0 saturated carbocycles. The molecule has 0 aliphatic rings. The van der Waals surface area contributed by atoms with Gasteiger partial charge in [0.1, 0.15) is 23.2 Å². The molecule has 3 amide bonds. The maximum absolute atomic E-state index is 14.4. The monoisotopic (exact) mass is 598 g/mol. The summed E-state index contributed by atoms with van der Waals surface area (Å²) in [5.41, 5.74) is -1.27. The average Bonchev–Trinajstić information content (AvgIpc) is 3.39. The van der Waals surface area contributed by atoms with Crippen LogP contribution < -0.4 is 21.3 Å². The van der Waals surface area contributed by atoms with Crippen LogP contribution in [0.15, 0.2) is 40.4 Å². The Balaban J connectivity index is 2.19. The lowest BCUT2D eigenvalue weighted by Crippen LogP contribution is -2.70. The number of allylic oxidation sites excluding steroid dienone is 1. The van der Waals surface area contributed by atoms with Crippen molar-refractivity contribution in [2.75, 3.05) is 6.54 Å². The highest BCUT2D eigenvalue weighted by Crippen LogP contribution is 2.14. The second-order valence-corrected chi connectivity index (χ2v) is 10.6. The largest absolute Gasteiger partial charge is 0.389 e. The number of carbonyl (C=O) groups excluding carboxylic acids is 4. The van der Waals surface area contributed by atoms with Crippen molar-refractivity contribution in [2.24, 2.45) is 5.92 Å². The van der Waals surface area contributed by atoms with Crippen molar-refractivity contribution in [1.82, 2.24) is 26.4 Å². The normalized spacial score (nSPS) is 14.3. The maximum Gasteiger partial charge on any atom is 0.275 e. The number of hydrogen-bond donors (Lipinski definition) is 5. The first-order valence-corrected chi connectivity index (χ1v) is 13.9. The highest BCUT2D eigenvalue weighted by atomic mass is 19.1. The summed E-state index contributed by atoms with van der Waals surface area (Å²) in [7, 11) is 0. The van der Waals surface area contributed by atoms with E-state index in [0.29, 0.717) is 24.2 Å². The number of aliphatic hydroxyl groups excluding tert-OH is 1. The number of halogens is 1. The Morgan fingerprint density at radius 1 is 1.16 bits per heavy atom. The predicted octanol–water partition coefficient (Wildman–Crippen LogP) is 2.10. The van der Waals surface area contributed by atoms with Crippen molar-refractivity contribution in [3.63, 3.8) is 0 Å². The van der Waals surface area contributed by atoms with Crippen molar-refractivity contribution < 1.29 is 33.2 Å². The fourth-order valence-electron chi connectivity index (χ4n) is 4.07. The predicted molar refractivity (Wildman–Crippen MR) is 154 cm³/mol. The Labute approximate surface area is 250 Å². The van der Waals surface area contributed by atoms with Gasteiger partial charge in [0.15, 0.2) is 17.6 Å². The molecule has 1 aromatic heterocycles. The van der Waals surface area contributed by atoms with Crippen LogP contribution >= 0.6 is 0 Å². The lowest BCUT2D eigenvalue weighted by atomic mass is 10.0. The standard InChI is InChI=1S/C30H39FN6O6/c1-18(2)12-23(15-32)27(40)33-11-7-6-8-25(28(41)34-16-22-10-9-19(3)13-24(22)31)35-30(17-38,21(5)39)36-29(42)26-14-20(4)43-37-26/h9-10,12-14,17-18,21,25,35,39H,6-8,11,16H2,1-5H3,(H,33,40)(H,34,41)(H,36,42)/t21-,25+,30-/m1/s1. The van der Waals surface area contributed by atoms with Crippen LogP contribution in [0.4, 0.5) is 4.39 Å². The molecule has 3 atom stereocenters. The minimum Gasteiger partial charge on any atom is -0.389 e. The molecule has 0 radical (unpaired) electrons. The second-order valence-electron chi connectivity index (χ2n) is 10.6. The number of aldehydes is 1. The topological polar surface area (TPSA) is 186 Å². The van der Waals surface area contributed by atoms with Gasteiger partial charge in [0.2, 0.25) is 5.91 Å². The summed E-state index contributed by atoms with van der Waals surface area (Å²) in [5.74, 6) is -2.09. The third kappa shape index (κ3) is 10.4. The summed E-state index contributed by atoms with van der Waals surface area (Å²) in [6.07, 6.45) is 1.20. The number of hydrogen-bond acceptors (Lipinski definition) is 9. The number of aliphatic hydroxyl groups is 1. The molecule has 12 nitrogen and oxygen atoms in total. The third-order valence-electron chi connectivity index (χ3n) is 6.49. The Hall–Kier alpha value is -4.41. The summed E-state index contributed by atoms with van der Waals surface area (Å²) in [6, 6.07) is 6.66. The fourth-order valence-corrected chi connectivity index (χ4v) is 4.07. The minimum atomic E-state index is -2.10. The smallest absolute Gasteiger partial charge is 0.275 e. The van der Waals surface area contributed by atoms with Gasteiger partial charge in [-0.2, -0.15) is 5.26 Å². The Morgan fingerprint density at radius 2 is 1.88 bits per heavy atom. The molecule has 2 aromatic rings. The van der Waals surface area contributed by atoms with Crippen molar-refractivity contribution in [1.29, 1.82) is 5.26 Å². The Bertz CT molecular complexity index is 1370. The number of unbranched alkanes of at least 4 members (excludes halogenated alkanes) is 1. The highest BCUT2D eigenvalue weighted by molar-refractivity contribution is 5.97. The lowest BCUT2D eigenvalue weighted by molar-refractivity contribution is -0.127. The maximum atomic E-state index is 14.4. The third-order valence-corrected chi connectivity index (χ3v) is 6.49. The van der Waals surface area contributed by atoms with E-state index in [9.17, 15) is 33.9 Å². The number of amides is 3. The number of aromatic nitrogens is 1. The molecular weight excluding hydrogens is 559 g/mol. The molecule has 5 N–H and O–H groups in total. The molecular formula is C30H39FN6O6. The van der Waals surface area contributed by atoms with E-state index in [-0.39, 0.29) is 48.5 Å². The van der Waals surface area contributed by atoms with Gasteiger partial charge < -0.3 is 25.6 Å². The van der Waals surface area contributed by atoms with Crippen LogP contribution in [-0.2, 0) is 20.9 Å². The Morgan fingerprint density at radius 3 is 2.44 bits per heavy atom. The number of rotatable bonds is 16. The van der Waals surface area contributed by atoms with Crippen LogP contribution in [0.25, 0.3) is 0 Å². The SMILES string of the molecule is Cc1ccc(CNC(=O)[C@H](CCCCNC(=O)C(C#N)=CC(C)C)N[C@](C=O)(NC(=O)c2cc(C)on2)[C@@H](C)O)c(F)c1. The molecule has 0 saturated heterocycles. The van der Waals surface area contributed by atoms with Crippen LogP contribution in [-0.4, -0.2) is 58.6 Å². The zero-order valence-corrected chi connectivity index (χ0v) is 25.0. The fraction of sp³-hybridized carbons (Fsp3) is 0.467. The molecule has 0 spiro atoms. The first kappa shape index (κ1) is 34.8. The van der Waals surface area contributed by atoms with Gasteiger partial charge in [0, 0.05) is 24.7 Å². The quantitative estimate of drug-likeness (QED) is 0.0634. The lowest BCUT2D eigenvalue weighted by Gasteiger charge is -2.36. The first-order chi connectivity index (χ1) is 20.3. The number of aryl methyl sites for hydroxylation is 2. The second kappa shape index (κ2) is 16.3. The molecule has 232 valence electrons. The zero-order valence-electron chi connectivity index (χ0n) is 25.0. The molecule has 0 unspecified atom stereocenters. The van der Waals surface area contributed by atoms with Crippen LogP contribution in [0.3, 0.4) is 0 Å². The Kier molecular flexibility index (Phi) is 13.2. The van der Waals surface area contributed by atoms with Crippen LogP contribution in [0.2, 0.25) is 0 Å². The van der Waals surface area contributed by atoms with Crippen molar-refractivity contribution in [3.05, 3.63) is 64.3 Å². The van der Waals surface area contributed by atoms with E-state index in [2.05, 4.69) is 26.4 Å². The van der Waals surface area contributed by atoms with Crippen molar-refractivity contribution >= 4 is 24.0 Å². The highest BCUT2D eigenvalue weighted by Gasteiger charge is 2.41. The van der Waals surface area contributed by atoms with Gasteiger partial charge in [-0.3, -0.25) is 24.5 Å². The average molecular weight is 599 g/mol. The molecule has 0 bridgehead atoms. The van der Waals surface area contributed by atoms with E-state index >= 15 is 0 Å². The molecule has 1 aromatic carbocycles. The molecule has 13 heteroatoms. The summed E-state index contributed by atoms with van der Waals surface area (Å²) in [6.45, 7) is 8.32. The van der Waals surface area contributed by atoms with Gasteiger partial charge >= 0.3 is 0 Å².